The summed E-state index contributed by atoms with van der Waals surface area (Å²) in [6.45, 7) is 2.42. The first-order chi connectivity index (χ1) is 7.63. The molecule has 0 atom stereocenters. The van der Waals surface area contributed by atoms with E-state index < -0.39 is 0 Å². The summed E-state index contributed by atoms with van der Waals surface area (Å²) < 4.78 is 4.92. The molecule has 0 aromatic carbocycles. The van der Waals surface area contributed by atoms with Crippen LogP contribution in [-0.2, 0) is 11.3 Å². The molecule has 0 aliphatic carbocycles. The number of aliphatic hydroxyl groups is 1. The maximum atomic E-state index is 11.6. The molecule has 0 fully saturated rings. The van der Waals surface area contributed by atoms with Gasteiger partial charge in [-0.15, -0.1) is 0 Å². The molecule has 1 heterocycles. The maximum absolute atomic E-state index is 11.6. The van der Waals surface area contributed by atoms with Crippen molar-refractivity contribution in [1.82, 2.24) is 10.1 Å². The van der Waals surface area contributed by atoms with E-state index in [0.29, 0.717) is 19.4 Å². The molecule has 0 bridgehead atoms. The standard InChI is InChI=1S/C11H18N2O3/c1-9-7-10(12-16-9)8-13(2)11(15)5-3-4-6-14/h7,14H,3-6,8H2,1-2H3. The second-order valence-electron chi connectivity index (χ2n) is 3.86. The number of amides is 1. The fraction of sp³-hybridized carbons (Fsp3) is 0.636. The van der Waals surface area contributed by atoms with Gasteiger partial charge in [-0.1, -0.05) is 5.16 Å². The lowest BCUT2D eigenvalue weighted by atomic mass is 10.2. The molecular formula is C11H18N2O3. The highest BCUT2D eigenvalue weighted by molar-refractivity contribution is 5.75. The first-order valence-corrected chi connectivity index (χ1v) is 5.40. The van der Waals surface area contributed by atoms with Crippen LogP contribution in [-0.4, -0.2) is 34.7 Å². The Labute approximate surface area is 95.0 Å². The van der Waals surface area contributed by atoms with Crippen molar-refractivity contribution < 1.29 is 14.4 Å². The van der Waals surface area contributed by atoms with Crippen LogP contribution in [0, 0.1) is 6.92 Å². The molecular weight excluding hydrogens is 208 g/mol. The van der Waals surface area contributed by atoms with Gasteiger partial charge in [-0.2, -0.15) is 0 Å². The average molecular weight is 226 g/mol. The van der Waals surface area contributed by atoms with Gasteiger partial charge in [0.15, 0.2) is 0 Å². The predicted octanol–water partition coefficient (Wildman–Crippen LogP) is 1.10. The normalized spacial score (nSPS) is 10.4. The third kappa shape index (κ3) is 4.02. The van der Waals surface area contributed by atoms with Crippen LogP contribution in [0.1, 0.15) is 30.7 Å². The Morgan fingerprint density at radius 3 is 2.88 bits per heavy atom. The van der Waals surface area contributed by atoms with Gasteiger partial charge in [-0.3, -0.25) is 4.79 Å². The number of hydrogen-bond donors (Lipinski definition) is 1. The highest BCUT2D eigenvalue weighted by atomic mass is 16.5. The van der Waals surface area contributed by atoms with Crippen molar-refractivity contribution in [3.63, 3.8) is 0 Å². The number of hydrogen-bond acceptors (Lipinski definition) is 4. The van der Waals surface area contributed by atoms with Crippen LogP contribution in [0.5, 0.6) is 0 Å². The fourth-order valence-electron chi connectivity index (χ4n) is 1.40. The number of aliphatic hydroxyl groups excluding tert-OH is 1. The molecule has 0 radical (unpaired) electrons. The molecule has 0 spiro atoms. The molecule has 1 aromatic rings. The van der Waals surface area contributed by atoms with Gasteiger partial charge in [0.1, 0.15) is 11.5 Å². The summed E-state index contributed by atoms with van der Waals surface area (Å²) in [5.41, 5.74) is 0.760. The SMILES string of the molecule is Cc1cc(CN(C)C(=O)CCCCO)no1. The highest BCUT2D eigenvalue weighted by Crippen LogP contribution is 2.06. The van der Waals surface area contributed by atoms with Crippen LogP contribution in [0.3, 0.4) is 0 Å². The first kappa shape index (κ1) is 12.7. The average Bonchev–Trinajstić information content (AvgIpc) is 2.64. The summed E-state index contributed by atoms with van der Waals surface area (Å²) in [7, 11) is 1.74. The van der Waals surface area contributed by atoms with Crippen molar-refractivity contribution in [3.05, 3.63) is 17.5 Å². The van der Waals surface area contributed by atoms with E-state index in [2.05, 4.69) is 5.16 Å². The summed E-state index contributed by atoms with van der Waals surface area (Å²) >= 11 is 0. The monoisotopic (exact) mass is 226 g/mol. The van der Waals surface area contributed by atoms with Crippen molar-refractivity contribution in [1.29, 1.82) is 0 Å². The van der Waals surface area contributed by atoms with Crippen molar-refractivity contribution in [3.8, 4) is 0 Å². The van der Waals surface area contributed by atoms with E-state index in [1.54, 1.807) is 11.9 Å². The molecule has 1 aromatic heterocycles. The second kappa shape index (κ2) is 6.27. The Hall–Kier alpha value is -1.36. The molecule has 0 saturated heterocycles. The number of aromatic nitrogens is 1. The van der Waals surface area contributed by atoms with Crippen molar-refractivity contribution in [2.45, 2.75) is 32.7 Å². The number of unbranched alkanes of at least 4 members (excludes halogenated alkanes) is 1. The quantitative estimate of drug-likeness (QED) is 0.738. The highest BCUT2D eigenvalue weighted by Gasteiger charge is 2.10. The Morgan fingerprint density at radius 2 is 2.31 bits per heavy atom. The van der Waals surface area contributed by atoms with E-state index in [4.69, 9.17) is 9.63 Å². The van der Waals surface area contributed by atoms with Crippen LogP contribution < -0.4 is 0 Å². The van der Waals surface area contributed by atoms with Crippen LogP contribution in [0.4, 0.5) is 0 Å². The fourth-order valence-corrected chi connectivity index (χ4v) is 1.40. The lowest BCUT2D eigenvalue weighted by Crippen LogP contribution is -2.26. The maximum Gasteiger partial charge on any atom is 0.222 e. The minimum absolute atomic E-state index is 0.0640. The van der Waals surface area contributed by atoms with Crippen molar-refractivity contribution >= 4 is 5.91 Å². The summed E-state index contributed by atoms with van der Waals surface area (Å²) in [5, 5.41) is 12.4. The Balaban J connectivity index is 2.34. The van der Waals surface area contributed by atoms with Gasteiger partial charge < -0.3 is 14.5 Å². The van der Waals surface area contributed by atoms with Gasteiger partial charge in [-0.25, -0.2) is 0 Å². The third-order valence-corrected chi connectivity index (χ3v) is 2.30. The first-order valence-electron chi connectivity index (χ1n) is 5.40. The molecule has 0 saturated carbocycles. The molecule has 0 aliphatic heterocycles. The van der Waals surface area contributed by atoms with Gasteiger partial charge in [-0.05, 0) is 19.8 Å². The molecule has 0 aliphatic rings. The minimum Gasteiger partial charge on any atom is -0.396 e. The minimum atomic E-state index is 0.0640. The van der Waals surface area contributed by atoms with E-state index in [9.17, 15) is 4.79 Å². The third-order valence-electron chi connectivity index (χ3n) is 2.30. The van der Waals surface area contributed by atoms with E-state index in [-0.39, 0.29) is 12.5 Å². The van der Waals surface area contributed by atoms with E-state index in [1.807, 2.05) is 13.0 Å². The van der Waals surface area contributed by atoms with Gasteiger partial charge in [0.2, 0.25) is 5.91 Å². The summed E-state index contributed by atoms with van der Waals surface area (Å²) in [6, 6.07) is 1.82. The number of aryl methyl sites for hydroxylation is 1. The van der Waals surface area contributed by atoms with Crippen LogP contribution in [0.25, 0.3) is 0 Å². The van der Waals surface area contributed by atoms with Crippen molar-refractivity contribution in [2.24, 2.45) is 0 Å². The van der Waals surface area contributed by atoms with Gasteiger partial charge in [0.05, 0.1) is 6.54 Å². The number of nitrogens with zero attached hydrogens (tertiary/aromatic N) is 2. The smallest absolute Gasteiger partial charge is 0.222 e. The van der Waals surface area contributed by atoms with Gasteiger partial charge in [0, 0.05) is 26.1 Å². The summed E-state index contributed by atoms with van der Waals surface area (Å²) in [5.74, 6) is 0.810. The molecule has 1 rings (SSSR count). The van der Waals surface area contributed by atoms with Crippen LogP contribution >= 0.6 is 0 Å². The van der Waals surface area contributed by atoms with E-state index in [0.717, 1.165) is 17.9 Å². The Kier molecular flexibility index (Phi) is 4.98. The topological polar surface area (TPSA) is 66.6 Å². The van der Waals surface area contributed by atoms with Crippen LogP contribution in [0.2, 0.25) is 0 Å². The molecule has 5 nitrogen and oxygen atoms in total. The van der Waals surface area contributed by atoms with Crippen molar-refractivity contribution in [2.75, 3.05) is 13.7 Å². The lowest BCUT2D eigenvalue weighted by molar-refractivity contribution is -0.130. The second-order valence-corrected chi connectivity index (χ2v) is 3.86. The Bertz CT molecular complexity index is 336. The van der Waals surface area contributed by atoms with Gasteiger partial charge >= 0.3 is 0 Å². The summed E-state index contributed by atoms with van der Waals surface area (Å²) in [4.78, 5) is 13.2. The molecule has 1 amide bonds. The molecule has 90 valence electrons. The number of carbonyl (C=O) groups is 1. The zero-order valence-corrected chi connectivity index (χ0v) is 9.77. The Morgan fingerprint density at radius 1 is 1.56 bits per heavy atom. The zero-order chi connectivity index (χ0) is 12.0. The molecule has 16 heavy (non-hydrogen) atoms. The predicted molar refractivity (Wildman–Crippen MR) is 58.7 cm³/mol. The van der Waals surface area contributed by atoms with E-state index in [1.165, 1.54) is 0 Å². The van der Waals surface area contributed by atoms with Gasteiger partial charge in [0.25, 0.3) is 0 Å². The zero-order valence-electron chi connectivity index (χ0n) is 9.77. The lowest BCUT2D eigenvalue weighted by Gasteiger charge is -2.15. The number of rotatable bonds is 6. The van der Waals surface area contributed by atoms with E-state index >= 15 is 0 Å². The van der Waals surface area contributed by atoms with Crippen LogP contribution in [0.15, 0.2) is 10.6 Å². The summed E-state index contributed by atoms with van der Waals surface area (Å²) in [6.07, 6.45) is 1.86. The number of carbonyl (C=O) groups excluding carboxylic acids is 1. The molecule has 1 N–H and O–H groups in total. The molecule has 0 unspecified atom stereocenters. The molecule has 5 heteroatoms. The largest absolute Gasteiger partial charge is 0.396 e.